The van der Waals surface area contributed by atoms with Gasteiger partial charge in [-0.3, -0.25) is 19.5 Å². The van der Waals surface area contributed by atoms with Crippen molar-refractivity contribution in [2.24, 2.45) is 5.92 Å². The predicted octanol–water partition coefficient (Wildman–Crippen LogP) is 2.19. The van der Waals surface area contributed by atoms with Crippen LogP contribution in [0.4, 0.5) is 5.69 Å². The number of carbonyl (C=O) groups excluding carboxylic acids is 2. The Labute approximate surface area is 183 Å². The number of benzene rings is 1. The van der Waals surface area contributed by atoms with Gasteiger partial charge in [0.25, 0.3) is 0 Å². The third-order valence-electron chi connectivity index (χ3n) is 5.98. The first kappa shape index (κ1) is 21.5. The molecule has 2 aromatic rings. The van der Waals surface area contributed by atoms with Gasteiger partial charge in [-0.05, 0) is 36.2 Å². The third kappa shape index (κ3) is 5.68. The fourth-order valence-electron chi connectivity index (χ4n) is 4.27. The molecule has 2 aliphatic rings. The molecule has 3 heterocycles. The van der Waals surface area contributed by atoms with Gasteiger partial charge in [0.05, 0.1) is 19.1 Å². The molecular weight excluding hydrogens is 392 g/mol. The molecule has 1 aromatic carbocycles. The molecule has 0 aliphatic carbocycles. The van der Waals surface area contributed by atoms with Crippen LogP contribution in [0, 0.1) is 5.92 Å². The summed E-state index contributed by atoms with van der Waals surface area (Å²) in [5.41, 5.74) is 1.91. The van der Waals surface area contributed by atoms with Crippen LogP contribution in [-0.2, 0) is 20.9 Å². The number of aromatic nitrogens is 1. The van der Waals surface area contributed by atoms with E-state index in [1.54, 1.807) is 17.3 Å². The van der Waals surface area contributed by atoms with E-state index < -0.39 is 0 Å². The molecule has 31 heavy (non-hydrogen) atoms. The van der Waals surface area contributed by atoms with Crippen molar-refractivity contribution in [3.63, 3.8) is 0 Å². The number of carbonyl (C=O) groups is 2. The topological polar surface area (TPSA) is 66.0 Å². The Morgan fingerprint density at radius 3 is 2.58 bits per heavy atom. The van der Waals surface area contributed by atoms with E-state index >= 15 is 0 Å². The summed E-state index contributed by atoms with van der Waals surface area (Å²) in [6, 6.07) is 13.5. The van der Waals surface area contributed by atoms with E-state index in [-0.39, 0.29) is 24.2 Å². The number of hydrogen-bond donors (Lipinski definition) is 0. The summed E-state index contributed by atoms with van der Waals surface area (Å²) in [7, 11) is 0. The Morgan fingerprint density at radius 2 is 1.84 bits per heavy atom. The number of morpholine rings is 1. The van der Waals surface area contributed by atoms with Gasteiger partial charge < -0.3 is 14.5 Å². The maximum absolute atomic E-state index is 13.5. The molecule has 2 amide bonds. The molecule has 0 spiro atoms. The van der Waals surface area contributed by atoms with Crippen LogP contribution in [0.5, 0.6) is 0 Å². The first-order valence-electron chi connectivity index (χ1n) is 11.0. The summed E-state index contributed by atoms with van der Waals surface area (Å²) in [4.78, 5) is 36.2. The number of ether oxygens (including phenoxy) is 1. The molecule has 1 unspecified atom stereocenters. The lowest BCUT2D eigenvalue weighted by atomic mass is 10.1. The number of amides is 2. The zero-order valence-electron chi connectivity index (χ0n) is 17.9. The lowest BCUT2D eigenvalue weighted by Gasteiger charge is -2.29. The van der Waals surface area contributed by atoms with Gasteiger partial charge in [0.2, 0.25) is 11.8 Å². The maximum atomic E-state index is 13.5. The molecule has 0 N–H and O–H groups in total. The van der Waals surface area contributed by atoms with Crippen LogP contribution >= 0.6 is 0 Å². The van der Waals surface area contributed by atoms with Crippen molar-refractivity contribution in [1.29, 1.82) is 0 Å². The first-order valence-corrected chi connectivity index (χ1v) is 11.0. The number of para-hydroxylation sites is 1. The third-order valence-corrected chi connectivity index (χ3v) is 5.98. The van der Waals surface area contributed by atoms with Gasteiger partial charge in [-0.2, -0.15) is 0 Å². The average Bonchev–Trinajstić information content (AvgIpc) is 3.21. The summed E-state index contributed by atoms with van der Waals surface area (Å²) in [5, 5.41) is 0. The number of anilines is 1. The monoisotopic (exact) mass is 422 g/mol. The summed E-state index contributed by atoms with van der Waals surface area (Å²) < 4.78 is 5.42. The summed E-state index contributed by atoms with van der Waals surface area (Å²) in [5.74, 6) is -0.231. The predicted molar refractivity (Wildman–Crippen MR) is 118 cm³/mol. The Morgan fingerprint density at radius 1 is 1.10 bits per heavy atom. The molecule has 0 saturated carbocycles. The van der Waals surface area contributed by atoms with Gasteiger partial charge in [0.15, 0.2) is 0 Å². The fraction of sp³-hybridized carbons (Fsp3) is 0.458. The second-order valence-corrected chi connectivity index (χ2v) is 8.16. The first-order chi connectivity index (χ1) is 15.2. The van der Waals surface area contributed by atoms with Gasteiger partial charge in [-0.1, -0.05) is 18.2 Å². The zero-order chi connectivity index (χ0) is 21.5. The van der Waals surface area contributed by atoms with Gasteiger partial charge >= 0.3 is 0 Å². The maximum Gasteiger partial charge on any atom is 0.228 e. The fourth-order valence-corrected chi connectivity index (χ4v) is 4.27. The highest BCUT2D eigenvalue weighted by molar-refractivity contribution is 6.00. The molecule has 2 saturated heterocycles. The minimum absolute atomic E-state index is 0.0155. The molecule has 1 aromatic heterocycles. The van der Waals surface area contributed by atoms with E-state index in [0.717, 1.165) is 50.5 Å². The lowest BCUT2D eigenvalue weighted by Crippen LogP contribution is -2.41. The van der Waals surface area contributed by atoms with Crippen molar-refractivity contribution >= 4 is 17.5 Å². The standard InChI is InChI=1S/C24H30N4O3/c29-23-17-21(19-28(23)22-5-2-1-3-6-22)24(30)27(18-20-7-9-25-10-8-20)12-4-11-26-13-15-31-16-14-26/h1-3,5-10,21H,4,11-19H2. The van der Waals surface area contributed by atoms with Crippen LogP contribution < -0.4 is 4.90 Å². The molecule has 7 heteroatoms. The van der Waals surface area contributed by atoms with Gasteiger partial charge in [0.1, 0.15) is 0 Å². The SMILES string of the molecule is O=C(C1CC(=O)N(c2ccccc2)C1)N(CCCN1CCOCC1)Cc1ccncc1. The van der Waals surface area contributed by atoms with Crippen molar-refractivity contribution < 1.29 is 14.3 Å². The average molecular weight is 423 g/mol. The van der Waals surface area contributed by atoms with E-state index in [4.69, 9.17) is 4.74 Å². The Kier molecular flexibility index (Phi) is 7.27. The largest absolute Gasteiger partial charge is 0.379 e. The Bertz CT molecular complexity index is 856. The van der Waals surface area contributed by atoms with E-state index in [9.17, 15) is 9.59 Å². The number of rotatable bonds is 8. The van der Waals surface area contributed by atoms with Crippen molar-refractivity contribution in [3.05, 3.63) is 60.4 Å². The van der Waals surface area contributed by atoms with Crippen molar-refractivity contribution in [2.45, 2.75) is 19.4 Å². The van der Waals surface area contributed by atoms with Crippen molar-refractivity contribution in [2.75, 3.05) is 50.8 Å². The van der Waals surface area contributed by atoms with Crippen LogP contribution in [0.1, 0.15) is 18.4 Å². The molecule has 7 nitrogen and oxygen atoms in total. The molecule has 164 valence electrons. The van der Waals surface area contributed by atoms with Gasteiger partial charge in [-0.25, -0.2) is 0 Å². The molecule has 0 radical (unpaired) electrons. The summed E-state index contributed by atoms with van der Waals surface area (Å²) >= 11 is 0. The van der Waals surface area contributed by atoms with E-state index in [1.807, 2.05) is 47.4 Å². The summed E-state index contributed by atoms with van der Waals surface area (Å²) in [6.07, 6.45) is 4.67. The highest BCUT2D eigenvalue weighted by Crippen LogP contribution is 2.26. The van der Waals surface area contributed by atoms with Gasteiger partial charge in [0, 0.05) is 63.8 Å². The summed E-state index contributed by atoms with van der Waals surface area (Å²) in [6.45, 7) is 6.05. The van der Waals surface area contributed by atoms with Crippen LogP contribution in [0.2, 0.25) is 0 Å². The molecule has 2 aliphatic heterocycles. The van der Waals surface area contributed by atoms with Crippen molar-refractivity contribution in [3.8, 4) is 0 Å². The molecule has 2 fully saturated rings. The molecule has 0 bridgehead atoms. The second kappa shape index (κ2) is 10.5. The normalized spacial score (nSPS) is 19.5. The highest BCUT2D eigenvalue weighted by Gasteiger charge is 2.37. The van der Waals surface area contributed by atoms with Crippen LogP contribution in [0.15, 0.2) is 54.9 Å². The van der Waals surface area contributed by atoms with Crippen molar-refractivity contribution in [1.82, 2.24) is 14.8 Å². The number of hydrogen-bond acceptors (Lipinski definition) is 5. The molecule has 4 rings (SSSR count). The van der Waals surface area contributed by atoms with E-state index in [1.165, 1.54) is 0 Å². The molecular formula is C24H30N4O3. The highest BCUT2D eigenvalue weighted by atomic mass is 16.5. The smallest absolute Gasteiger partial charge is 0.228 e. The Balaban J connectivity index is 1.41. The molecule has 1 atom stereocenters. The van der Waals surface area contributed by atoms with E-state index in [2.05, 4.69) is 9.88 Å². The lowest BCUT2D eigenvalue weighted by molar-refractivity contribution is -0.136. The van der Waals surface area contributed by atoms with Crippen LogP contribution in [0.25, 0.3) is 0 Å². The minimum atomic E-state index is -0.307. The van der Waals surface area contributed by atoms with Gasteiger partial charge in [-0.15, -0.1) is 0 Å². The number of nitrogens with zero attached hydrogens (tertiary/aromatic N) is 4. The number of pyridine rings is 1. The van der Waals surface area contributed by atoms with Crippen LogP contribution in [-0.4, -0.2) is 72.5 Å². The second-order valence-electron chi connectivity index (χ2n) is 8.16. The quantitative estimate of drug-likeness (QED) is 0.653. The zero-order valence-corrected chi connectivity index (χ0v) is 17.9. The van der Waals surface area contributed by atoms with Crippen LogP contribution in [0.3, 0.4) is 0 Å². The van der Waals surface area contributed by atoms with E-state index in [0.29, 0.717) is 19.6 Å². The Hall–Kier alpha value is -2.77. The minimum Gasteiger partial charge on any atom is -0.379 e.